The smallest absolute Gasteiger partial charge is 0.409 e. The highest BCUT2D eigenvalue weighted by Gasteiger charge is 2.43. The Morgan fingerprint density at radius 2 is 1.97 bits per heavy atom. The summed E-state index contributed by atoms with van der Waals surface area (Å²) in [6, 6.07) is 2.86. The summed E-state index contributed by atoms with van der Waals surface area (Å²) < 4.78 is 33.0. The lowest BCUT2D eigenvalue weighted by Crippen LogP contribution is -2.69. The van der Waals surface area contributed by atoms with Gasteiger partial charge in [0, 0.05) is 37.5 Å². The monoisotopic (exact) mass is 491 g/mol. The number of pyridine rings is 1. The number of amides is 3. The van der Waals surface area contributed by atoms with Gasteiger partial charge in [-0.25, -0.2) is 13.6 Å². The number of aromatic nitrogens is 1. The van der Waals surface area contributed by atoms with E-state index in [2.05, 4.69) is 5.32 Å². The molecule has 1 saturated heterocycles. The second-order valence-electron chi connectivity index (χ2n) is 7.98. The van der Waals surface area contributed by atoms with Crippen LogP contribution in [0.1, 0.15) is 33.3 Å². The second kappa shape index (κ2) is 9.24. The summed E-state index contributed by atoms with van der Waals surface area (Å²) in [5.74, 6) is -4.10. The summed E-state index contributed by atoms with van der Waals surface area (Å²) in [5, 5.41) is 14.6. The quantitative estimate of drug-likeness (QED) is 0.641. The predicted octanol–water partition coefficient (Wildman–Crippen LogP) is 0.584. The number of carbonyl (C=O) groups is 3. The number of nitrogens with zero attached hydrogens (tertiary/aromatic N) is 4. The number of halogens is 2. The van der Waals surface area contributed by atoms with E-state index in [1.165, 1.54) is 21.6 Å². The molecule has 3 amide bonds. The Balaban J connectivity index is 1.68. The molecule has 2 aliphatic rings. The van der Waals surface area contributed by atoms with Gasteiger partial charge in [-0.3, -0.25) is 24.1 Å². The minimum atomic E-state index is -1.07. The number of hydrogen-bond acceptors (Lipinski definition) is 7. The van der Waals surface area contributed by atoms with Gasteiger partial charge < -0.3 is 25.0 Å². The number of aromatic hydroxyl groups is 1. The fourth-order valence-electron chi connectivity index (χ4n) is 4.27. The minimum Gasteiger partial charge on any atom is -0.502 e. The van der Waals surface area contributed by atoms with Gasteiger partial charge in [0.05, 0.1) is 20.2 Å². The summed E-state index contributed by atoms with van der Waals surface area (Å²) in [7, 11) is 1.25. The van der Waals surface area contributed by atoms with Crippen molar-refractivity contribution in [2.45, 2.75) is 19.6 Å². The molecule has 2 aromatic rings. The van der Waals surface area contributed by atoms with Crippen LogP contribution in [0.25, 0.3) is 0 Å². The third-order valence-electron chi connectivity index (χ3n) is 6.06. The number of rotatable bonds is 4. The van der Waals surface area contributed by atoms with Crippen molar-refractivity contribution < 1.29 is 33.0 Å². The summed E-state index contributed by atoms with van der Waals surface area (Å²) >= 11 is 0. The van der Waals surface area contributed by atoms with E-state index in [-0.39, 0.29) is 44.0 Å². The maximum atomic E-state index is 13.9. The first-order chi connectivity index (χ1) is 16.7. The molecule has 13 heteroatoms. The van der Waals surface area contributed by atoms with Crippen molar-refractivity contribution in [1.29, 1.82) is 0 Å². The van der Waals surface area contributed by atoms with Crippen molar-refractivity contribution in [3.05, 3.63) is 63.1 Å². The Labute approximate surface area is 198 Å². The van der Waals surface area contributed by atoms with Gasteiger partial charge in [-0.05, 0) is 13.0 Å². The minimum absolute atomic E-state index is 0.00482. The molecule has 0 unspecified atom stereocenters. The van der Waals surface area contributed by atoms with Gasteiger partial charge in [-0.1, -0.05) is 6.07 Å². The van der Waals surface area contributed by atoms with Gasteiger partial charge in [0.25, 0.3) is 11.8 Å². The molecule has 186 valence electrons. The van der Waals surface area contributed by atoms with Gasteiger partial charge in [0.1, 0.15) is 23.4 Å². The Kier molecular flexibility index (Phi) is 6.33. The van der Waals surface area contributed by atoms with Crippen LogP contribution in [0.15, 0.2) is 29.2 Å². The number of methoxy groups -OCH3 is 1. The topological polar surface area (TPSA) is 124 Å². The van der Waals surface area contributed by atoms with Crippen LogP contribution in [0.4, 0.5) is 13.6 Å². The summed E-state index contributed by atoms with van der Waals surface area (Å²) in [4.78, 5) is 53.6. The van der Waals surface area contributed by atoms with Crippen molar-refractivity contribution in [2.24, 2.45) is 0 Å². The van der Waals surface area contributed by atoms with Crippen molar-refractivity contribution in [2.75, 3.05) is 38.3 Å². The van der Waals surface area contributed by atoms with Crippen molar-refractivity contribution in [3.63, 3.8) is 0 Å². The van der Waals surface area contributed by atoms with Crippen molar-refractivity contribution in [1.82, 2.24) is 19.8 Å². The number of likely N-dealkylation sites (N-methyl/N-ethyl adjacent to an activating group) is 1. The van der Waals surface area contributed by atoms with E-state index >= 15 is 0 Å². The zero-order valence-corrected chi connectivity index (χ0v) is 19.0. The molecule has 0 spiro atoms. The number of hydrogen-bond donors (Lipinski definition) is 2. The zero-order valence-electron chi connectivity index (χ0n) is 19.0. The Bertz CT molecular complexity index is 1270. The highest BCUT2D eigenvalue weighted by Crippen LogP contribution is 2.27. The number of benzene rings is 1. The Morgan fingerprint density at radius 1 is 1.23 bits per heavy atom. The van der Waals surface area contributed by atoms with Gasteiger partial charge >= 0.3 is 6.09 Å². The lowest BCUT2D eigenvalue weighted by atomic mass is 10.1. The number of nitrogens with one attached hydrogen (secondary N) is 1. The predicted molar refractivity (Wildman–Crippen MR) is 117 cm³/mol. The molecule has 0 saturated carbocycles. The molecule has 0 bridgehead atoms. The molecule has 0 aliphatic carbocycles. The number of piperazine rings is 1. The third-order valence-corrected chi connectivity index (χ3v) is 6.06. The summed E-state index contributed by atoms with van der Waals surface area (Å²) in [6.45, 7) is 2.15. The molecular weight excluding hydrogens is 468 g/mol. The number of fused-ring (bicyclic) bond motifs is 3. The summed E-state index contributed by atoms with van der Waals surface area (Å²) in [5.41, 5.74) is -1.85. The Hall–Kier alpha value is -4.16. The SMILES string of the molecule is CCN1C(=O)c2c(O)c(=O)c(C(=O)NCc3ccc(F)cc3F)cn2N2CCN(C(=O)OC)C[C@@H]12. The zero-order chi connectivity index (χ0) is 25.4. The molecule has 35 heavy (non-hydrogen) atoms. The lowest BCUT2D eigenvalue weighted by Gasteiger charge is -2.50. The Morgan fingerprint density at radius 3 is 2.63 bits per heavy atom. The largest absolute Gasteiger partial charge is 0.502 e. The number of carbonyl (C=O) groups excluding carboxylic acids is 3. The second-order valence-corrected chi connectivity index (χ2v) is 7.98. The molecular formula is C22H23F2N5O6. The van der Waals surface area contributed by atoms with E-state index < -0.39 is 52.4 Å². The van der Waals surface area contributed by atoms with E-state index in [0.29, 0.717) is 6.07 Å². The van der Waals surface area contributed by atoms with Crippen molar-refractivity contribution >= 4 is 17.9 Å². The third kappa shape index (κ3) is 4.13. The van der Waals surface area contributed by atoms with Crippen LogP contribution >= 0.6 is 0 Å². The molecule has 0 radical (unpaired) electrons. The molecule has 2 N–H and O–H groups in total. The van der Waals surface area contributed by atoms with E-state index in [4.69, 9.17) is 4.74 Å². The van der Waals surface area contributed by atoms with E-state index in [9.17, 15) is 33.1 Å². The van der Waals surface area contributed by atoms with Gasteiger partial charge in [0.2, 0.25) is 5.43 Å². The maximum absolute atomic E-state index is 13.9. The first kappa shape index (κ1) is 24.0. The van der Waals surface area contributed by atoms with Crippen LogP contribution in [0.3, 0.4) is 0 Å². The lowest BCUT2D eigenvalue weighted by molar-refractivity contribution is 0.0401. The standard InChI is InChI=1S/C22H23F2N5O6/c1-3-27-16-11-26(22(34)35-2)6-7-28(16)29-10-14(18(30)19(31)17(29)21(27)33)20(32)25-9-12-4-5-13(23)8-15(12)24/h4-5,8,10,16,31H,3,6-7,9,11H2,1-2H3,(H,25,32)/t16-/m0/s1. The van der Waals surface area contributed by atoms with Gasteiger partial charge in [-0.2, -0.15) is 0 Å². The van der Waals surface area contributed by atoms with Crippen LogP contribution in [0.2, 0.25) is 0 Å². The van der Waals surface area contributed by atoms with Crippen LogP contribution in [-0.2, 0) is 11.3 Å². The molecule has 1 fully saturated rings. The van der Waals surface area contributed by atoms with Crippen LogP contribution in [0, 0.1) is 11.6 Å². The van der Waals surface area contributed by atoms with E-state index in [1.807, 2.05) is 0 Å². The van der Waals surface area contributed by atoms with Gasteiger partial charge in [-0.15, -0.1) is 0 Å². The van der Waals surface area contributed by atoms with Crippen LogP contribution < -0.4 is 15.8 Å². The molecule has 11 nitrogen and oxygen atoms in total. The molecule has 2 aliphatic heterocycles. The average molecular weight is 491 g/mol. The molecule has 4 rings (SSSR count). The molecule has 1 atom stereocenters. The van der Waals surface area contributed by atoms with E-state index in [0.717, 1.165) is 18.3 Å². The molecule has 3 heterocycles. The molecule has 1 aromatic heterocycles. The van der Waals surface area contributed by atoms with Crippen molar-refractivity contribution in [3.8, 4) is 5.75 Å². The fraction of sp³-hybridized carbons (Fsp3) is 0.364. The highest BCUT2D eigenvalue weighted by atomic mass is 19.1. The van der Waals surface area contributed by atoms with Gasteiger partial charge in [0.15, 0.2) is 11.4 Å². The van der Waals surface area contributed by atoms with Crippen LogP contribution in [-0.4, -0.2) is 76.9 Å². The normalized spacial score (nSPS) is 17.1. The fourth-order valence-corrected chi connectivity index (χ4v) is 4.27. The number of ether oxygens (including phenoxy) is 1. The summed E-state index contributed by atoms with van der Waals surface area (Å²) in [6.07, 6.45) is -0.0619. The molecule has 1 aromatic carbocycles. The maximum Gasteiger partial charge on any atom is 0.409 e. The average Bonchev–Trinajstić information content (AvgIpc) is 2.84. The first-order valence-corrected chi connectivity index (χ1v) is 10.8. The van der Waals surface area contributed by atoms with E-state index in [1.54, 1.807) is 11.9 Å². The first-order valence-electron chi connectivity index (χ1n) is 10.8. The highest BCUT2D eigenvalue weighted by molar-refractivity contribution is 5.99. The van der Waals surface area contributed by atoms with Crippen LogP contribution in [0.5, 0.6) is 5.75 Å².